The Hall–Kier alpha value is 0. The second-order valence-electron chi connectivity index (χ2n) is 18.3. The molecule has 0 aliphatic heterocycles. The summed E-state index contributed by atoms with van der Waals surface area (Å²) in [6.45, 7) is 48.5. The van der Waals surface area contributed by atoms with Crippen LogP contribution in [-0.4, -0.2) is 0 Å². The molecule has 0 aromatic rings. The normalized spacial score (nSPS) is 51.5. The van der Waals surface area contributed by atoms with E-state index in [9.17, 15) is 0 Å². The van der Waals surface area contributed by atoms with Gasteiger partial charge in [-0.3, -0.25) is 0 Å². The molecule has 44 heavy (non-hydrogen) atoms. The number of hydrogen-bond donors (Lipinski definition) is 0. The maximum atomic E-state index is 2.52. The van der Waals surface area contributed by atoms with Crippen LogP contribution < -0.4 is 0 Å². The predicted octanol–water partition coefficient (Wildman–Crippen LogP) is 14.3. The van der Waals surface area contributed by atoms with E-state index in [0.29, 0.717) is 0 Å². The molecule has 0 aromatic heterocycles. The Kier molecular flexibility index (Phi) is 17.7. The summed E-state index contributed by atoms with van der Waals surface area (Å²) in [5, 5.41) is 0. The predicted molar refractivity (Wildman–Crippen MR) is 202 cm³/mol. The van der Waals surface area contributed by atoms with Gasteiger partial charge in [-0.1, -0.05) is 151 Å². The molecular formula is C44H88. The Bertz CT molecular complexity index is 588. The first-order chi connectivity index (χ1) is 20.4. The van der Waals surface area contributed by atoms with Crippen LogP contribution in [0.1, 0.15) is 164 Å². The summed E-state index contributed by atoms with van der Waals surface area (Å²) in [4.78, 5) is 0. The topological polar surface area (TPSA) is 0 Å². The maximum Gasteiger partial charge on any atom is -0.0355 e. The lowest BCUT2D eigenvalue weighted by atomic mass is 9.76. The quantitative estimate of drug-likeness (QED) is 0.295. The van der Waals surface area contributed by atoms with Gasteiger partial charge >= 0.3 is 0 Å². The average Bonchev–Trinajstić information content (AvgIpc) is 3.45. The highest BCUT2D eigenvalue weighted by atomic mass is 14.5. The minimum Gasteiger partial charge on any atom is -0.0656 e. The first kappa shape index (κ1) is 42.0. The van der Waals surface area contributed by atoms with E-state index in [4.69, 9.17) is 0 Å². The summed E-state index contributed by atoms with van der Waals surface area (Å²) in [7, 11) is 0. The molecule has 0 saturated heterocycles. The fraction of sp³-hybridized carbons (Fsp3) is 1.00. The molecule has 0 nitrogen and oxygen atoms in total. The zero-order valence-electron chi connectivity index (χ0n) is 34.4. The van der Waals surface area contributed by atoms with E-state index in [2.05, 4.69) is 138 Å². The molecule has 0 radical (unpaired) electrons. The highest BCUT2D eigenvalue weighted by molar-refractivity contribution is 4.97. The van der Waals surface area contributed by atoms with Crippen molar-refractivity contribution in [3.63, 3.8) is 0 Å². The van der Waals surface area contributed by atoms with Gasteiger partial charge in [0.1, 0.15) is 0 Å². The summed E-state index contributed by atoms with van der Waals surface area (Å²) in [6.07, 6.45) is 5.49. The van der Waals surface area contributed by atoms with Gasteiger partial charge in [0.05, 0.1) is 0 Å². The molecule has 0 heteroatoms. The van der Waals surface area contributed by atoms with E-state index >= 15 is 0 Å². The third kappa shape index (κ3) is 9.12. The number of rotatable bonds is 4. The van der Waals surface area contributed by atoms with E-state index in [-0.39, 0.29) is 0 Å². The van der Waals surface area contributed by atoms with Gasteiger partial charge < -0.3 is 0 Å². The Morgan fingerprint density at radius 3 is 0.386 bits per heavy atom. The van der Waals surface area contributed by atoms with Crippen LogP contribution in [0, 0.1) is 118 Å². The molecular weight excluding hydrogens is 528 g/mol. The minimum atomic E-state index is 0.918. The minimum absolute atomic E-state index is 0.918. The molecule has 16 unspecified atom stereocenters. The molecule has 4 aliphatic rings. The molecule has 0 aromatic carbocycles. The van der Waals surface area contributed by atoms with Crippen LogP contribution in [-0.2, 0) is 0 Å². The molecule has 0 amide bonds. The average molecular weight is 617 g/mol. The summed E-state index contributed by atoms with van der Waals surface area (Å²) in [6, 6.07) is 0. The van der Waals surface area contributed by atoms with Crippen molar-refractivity contribution in [3.8, 4) is 0 Å². The largest absolute Gasteiger partial charge is 0.0656 e. The third-order valence-electron chi connectivity index (χ3n) is 16.4. The van der Waals surface area contributed by atoms with E-state index in [0.717, 1.165) is 118 Å². The van der Waals surface area contributed by atoms with Crippen molar-refractivity contribution < 1.29 is 0 Å². The first-order valence-corrected chi connectivity index (χ1v) is 20.4. The molecule has 4 rings (SSSR count). The molecule has 4 fully saturated rings. The van der Waals surface area contributed by atoms with Gasteiger partial charge in [-0.15, -0.1) is 0 Å². The van der Waals surface area contributed by atoms with Gasteiger partial charge in [-0.05, 0) is 131 Å². The van der Waals surface area contributed by atoms with Crippen LogP contribution in [0.15, 0.2) is 0 Å². The molecule has 0 spiro atoms. The van der Waals surface area contributed by atoms with E-state index in [1.54, 1.807) is 0 Å². The van der Waals surface area contributed by atoms with Crippen molar-refractivity contribution in [1.29, 1.82) is 0 Å². The first-order valence-electron chi connectivity index (χ1n) is 20.4. The van der Waals surface area contributed by atoms with Crippen LogP contribution in [0.4, 0.5) is 0 Å². The molecule has 264 valence electrons. The highest BCUT2D eigenvalue weighted by Gasteiger charge is 2.48. The Morgan fingerprint density at radius 2 is 0.295 bits per heavy atom. The zero-order valence-corrected chi connectivity index (χ0v) is 34.4. The second-order valence-corrected chi connectivity index (χ2v) is 18.3. The van der Waals surface area contributed by atoms with E-state index in [1.807, 2.05) is 0 Å². The lowest BCUT2D eigenvalue weighted by molar-refractivity contribution is 0.193. The van der Waals surface area contributed by atoms with Crippen molar-refractivity contribution in [2.45, 2.75) is 164 Å². The van der Waals surface area contributed by atoms with E-state index < -0.39 is 0 Å². The maximum absolute atomic E-state index is 2.52. The van der Waals surface area contributed by atoms with Gasteiger partial charge in [0.25, 0.3) is 0 Å². The van der Waals surface area contributed by atoms with Crippen molar-refractivity contribution >= 4 is 0 Å². The van der Waals surface area contributed by atoms with Gasteiger partial charge in [0.15, 0.2) is 0 Å². The summed E-state index contributed by atoms with van der Waals surface area (Å²) in [5.41, 5.74) is 0. The van der Waals surface area contributed by atoms with Gasteiger partial charge in [0, 0.05) is 0 Å². The van der Waals surface area contributed by atoms with Crippen molar-refractivity contribution in [3.05, 3.63) is 0 Å². The molecule has 0 heterocycles. The Morgan fingerprint density at radius 1 is 0.205 bits per heavy atom. The molecule has 16 atom stereocenters. The van der Waals surface area contributed by atoms with Gasteiger partial charge in [-0.25, -0.2) is 0 Å². The molecule has 0 N–H and O–H groups in total. The molecule has 0 bridgehead atoms. The van der Waals surface area contributed by atoms with Crippen molar-refractivity contribution in [2.75, 3.05) is 0 Å². The Labute approximate surface area is 281 Å². The van der Waals surface area contributed by atoms with Crippen LogP contribution in [0.5, 0.6) is 0 Å². The summed E-state index contributed by atoms with van der Waals surface area (Å²) in [5.74, 6) is 18.6. The second kappa shape index (κ2) is 18.5. The number of hydrogen-bond acceptors (Lipinski definition) is 0. The summed E-state index contributed by atoms with van der Waals surface area (Å²) < 4.78 is 0. The standard InChI is InChI=1S/2C19H36.2C3H8/c2*1-10-11(2)15(6)18(14(10)5)9-19-16(7)12(3)13(4)17(19)8;2*1-3-2/h2*10-19H,9H2,1-8H3;2*3H2,1-2H3. The van der Waals surface area contributed by atoms with Crippen molar-refractivity contribution in [2.24, 2.45) is 118 Å². The SMILES string of the molecule is CC1C(C)C(C)C(CC2C(C)C(C)C(C)C2C)C1C.CC1C(C)C(C)C(CC2C(C)C(C)C(C)C2C)C1C.CCC.CCC. The van der Waals surface area contributed by atoms with Gasteiger partial charge in [0.2, 0.25) is 0 Å². The smallest absolute Gasteiger partial charge is 0.0355 e. The highest BCUT2D eigenvalue weighted by Crippen LogP contribution is 2.55. The van der Waals surface area contributed by atoms with Crippen LogP contribution in [0.3, 0.4) is 0 Å². The van der Waals surface area contributed by atoms with Crippen LogP contribution >= 0.6 is 0 Å². The summed E-state index contributed by atoms with van der Waals surface area (Å²) >= 11 is 0. The van der Waals surface area contributed by atoms with E-state index in [1.165, 1.54) is 25.7 Å². The van der Waals surface area contributed by atoms with Gasteiger partial charge in [-0.2, -0.15) is 0 Å². The monoisotopic (exact) mass is 617 g/mol. The fourth-order valence-corrected chi connectivity index (χ4v) is 11.2. The van der Waals surface area contributed by atoms with Crippen molar-refractivity contribution in [1.82, 2.24) is 0 Å². The van der Waals surface area contributed by atoms with Crippen LogP contribution in [0.2, 0.25) is 0 Å². The third-order valence-corrected chi connectivity index (χ3v) is 16.4. The lowest BCUT2D eigenvalue weighted by Gasteiger charge is -2.30. The molecule has 4 aliphatic carbocycles. The zero-order chi connectivity index (χ0) is 34.4. The van der Waals surface area contributed by atoms with Crippen LogP contribution in [0.25, 0.3) is 0 Å². The lowest BCUT2D eigenvalue weighted by Crippen LogP contribution is -2.22. The molecule has 4 saturated carbocycles. The Balaban J connectivity index is 0.000000373. The fourth-order valence-electron chi connectivity index (χ4n) is 11.2.